The summed E-state index contributed by atoms with van der Waals surface area (Å²) in [5.41, 5.74) is -0.615. The van der Waals surface area contributed by atoms with Gasteiger partial charge in [-0.25, -0.2) is 17.6 Å². The number of carbonyl (C=O) groups is 1. The molecule has 9 heteroatoms. The van der Waals surface area contributed by atoms with Crippen LogP contribution in [0.5, 0.6) is 0 Å². The van der Waals surface area contributed by atoms with Crippen molar-refractivity contribution in [3.63, 3.8) is 0 Å². The molecule has 1 aliphatic rings. The summed E-state index contributed by atoms with van der Waals surface area (Å²) in [7, 11) is -3.96. The minimum absolute atomic E-state index is 0.0943. The summed E-state index contributed by atoms with van der Waals surface area (Å²) < 4.78 is 46.5. The number of nitrogens with zero attached hydrogens (tertiary/aromatic N) is 2. The quantitative estimate of drug-likeness (QED) is 0.713. The maximum Gasteiger partial charge on any atom is 0.410 e. The maximum atomic E-state index is 14.1. The van der Waals surface area contributed by atoms with Crippen molar-refractivity contribution in [2.45, 2.75) is 37.7 Å². The highest BCUT2D eigenvalue weighted by atomic mass is 79.9. The van der Waals surface area contributed by atoms with Gasteiger partial charge in [0.15, 0.2) is 0 Å². The lowest BCUT2D eigenvalue weighted by molar-refractivity contribution is 0.0260. The molecule has 0 N–H and O–H groups in total. The molecule has 0 unspecified atom stereocenters. The van der Waals surface area contributed by atoms with Gasteiger partial charge in [-0.05, 0) is 45.4 Å². The van der Waals surface area contributed by atoms with Crippen LogP contribution >= 0.6 is 15.9 Å². The first-order valence-electron chi connectivity index (χ1n) is 7.94. The van der Waals surface area contributed by atoms with Gasteiger partial charge in [-0.2, -0.15) is 4.31 Å². The van der Waals surface area contributed by atoms with Crippen molar-refractivity contribution in [3.8, 4) is 0 Å². The van der Waals surface area contributed by atoms with Gasteiger partial charge < -0.3 is 9.64 Å². The molecule has 0 atom stereocenters. The Kier molecular flexibility index (Phi) is 6.11. The summed E-state index contributed by atoms with van der Waals surface area (Å²) in [6.07, 6.45) is -0.0158. The van der Waals surface area contributed by atoms with E-state index in [1.807, 2.05) is 0 Å². The molecule has 140 valence electrons. The van der Waals surface area contributed by atoms with E-state index in [1.165, 1.54) is 21.3 Å². The summed E-state index contributed by atoms with van der Waals surface area (Å²) in [6.45, 7) is 6.23. The van der Waals surface area contributed by atoms with Crippen LogP contribution < -0.4 is 0 Å². The molecule has 0 bridgehead atoms. The lowest BCUT2D eigenvalue weighted by atomic mass is 10.2. The molecule has 1 aromatic carbocycles. The van der Waals surface area contributed by atoms with E-state index < -0.39 is 27.5 Å². The second kappa shape index (κ2) is 7.59. The number of ether oxygens (including phenoxy) is 1. The number of benzene rings is 1. The highest BCUT2D eigenvalue weighted by molar-refractivity contribution is 9.10. The third-order valence-corrected chi connectivity index (χ3v) is 6.04. The molecule has 0 aliphatic carbocycles. The summed E-state index contributed by atoms with van der Waals surface area (Å²) >= 11 is 3.11. The molecule has 1 saturated heterocycles. The summed E-state index contributed by atoms with van der Waals surface area (Å²) in [4.78, 5) is 13.3. The van der Waals surface area contributed by atoms with Gasteiger partial charge in [0.05, 0.1) is 0 Å². The highest BCUT2D eigenvalue weighted by Crippen LogP contribution is 2.24. The fraction of sp³-hybridized carbons (Fsp3) is 0.562. The van der Waals surface area contributed by atoms with Crippen LogP contribution in [0.4, 0.5) is 9.18 Å². The van der Waals surface area contributed by atoms with Crippen LogP contribution in [0.3, 0.4) is 0 Å². The zero-order chi connectivity index (χ0) is 18.8. The molecule has 1 fully saturated rings. The maximum absolute atomic E-state index is 14.1. The Balaban J connectivity index is 2.13. The number of hydrogen-bond donors (Lipinski definition) is 0. The van der Waals surface area contributed by atoms with Gasteiger partial charge in [-0.15, -0.1) is 0 Å². The number of sulfonamides is 1. The van der Waals surface area contributed by atoms with Crippen molar-refractivity contribution in [2.75, 3.05) is 26.2 Å². The standard InChI is InChI=1S/C16H22BrFN2O4S/c1-16(2,3)24-15(21)19-7-4-8-20(10-9-19)25(22,23)14-6-5-12(17)11-13(14)18/h5-6,11H,4,7-10H2,1-3H3. The van der Waals surface area contributed by atoms with E-state index in [0.717, 1.165) is 6.07 Å². The number of amides is 1. The molecule has 25 heavy (non-hydrogen) atoms. The van der Waals surface area contributed by atoms with Crippen LogP contribution in [0.25, 0.3) is 0 Å². The molecular formula is C16H22BrFN2O4S. The van der Waals surface area contributed by atoms with Gasteiger partial charge in [-0.1, -0.05) is 15.9 Å². The smallest absolute Gasteiger partial charge is 0.410 e. The van der Waals surface area contributed by atoms with E-state index in [-0.39, 0.29) is 24.5 Å². The molecule has 0 aromatic heterocycles. The normalized spacial score (nSPS) is 17.2. The molecule has 1 heterocycles. The fourth-order valence-corrected chi connectivity index (χ4v) is 4.31. The minimum atomic E-state index is -3.96. The number of carbonyl (C=O) groups excluding carboxylic acids is 1. The highest BCUT2D eigenvalue weighted by Gasteiger charge is 2.31. The molecular weight excluding hydrogens is 415 g/mol. The Morgan fingerprint density at radius 3 is 2.48 bits per heavy atom. The van der Waals surface area contributed by atoms with Gasteiger partial charge in [-0.3, -0.25) is 0 Å². The topological polar surface area (TPSA) is 66.9 Å². The van der Waals surface area contributed by atoms with E-state index in [1.54, 1.807) is 20.8 Å². The average Bonchev–Trinajstić information content (AvgIpc) is 2.71. The van der Waals surface area contributed by atoms with E-state index in [2.05, 4.69) is 15.9 Å². The number of hydrogen-bond acceptors (Lipinski definition) is 4. The lowest BCUT2D eigenvalue weighted by Gasteiger charge is -2.26. The van der Waals surface area contributed by atoms with Crippen LogP contribution in [0.1, 0.15) is 27.2 Å². The van der Waals surface area contributed by atoms with Crippen LogP contribution in [-0.4, -0.2) is 55.5 Å². The summed E-state index contributed by atoms with van der Waals surface area (Å²) in [6, 6.07) is 3.85. The van der Waals surface area contributed by atoms with Gasteiger partial charge in [0, 0.05) is 30.7 Å². The van der Waals surface area contributed by atoms with E-state index in [0.29, 0.717) is 17.4 Å². The van der Waals surface area contributed by atoms with E-state index in [4.69, 9.17) is 4.74 Å². The van der Waals surface area contributed by atoms with Gasteiger partial charge >= 0.3 is 6.09 Å². The Labute approximate surface area is 156 Å². The van der Waals surface area contributed by atoms with Gasteiger partial charge in [0.1, 0.15) is 16.3 Å². The van der Waals surface area contributed by atoms with Crippen molar-refractivity contribution >= 4 is 32.0 Å². The first-order chi connectivity index (χ1) is 11.5. The molecule has 0 spiro atoms. The Morgan fingerprint density at radius 1 is 1.20 bits per heavy atom. The first-order valence-corrected chi connectivity index (χ1v) is 10.2. The fourth-order valence-electron chi connectivity index (χ4n) is 2.47. The van der Waals surface area contributed by atoms with Crippen molar-refractivity contribution < 1.29 is 22.3 Å². The predicted molar refractivity (Wildman–Crippen MR) is 95.3 cm³/mol. The first kappa shape index (κ1) is 20.1. The number of halogens is 2. The van der Waals surface area contributed by atoms with Crippen LogP contribution in [-0.2, 0) is 14.8 Å². The SMILES string of the molecule is CC(C)(C)OC(=O)N1CCCN(S(=O)(=O)c2ccc(Br)cc2F)CC1. The van der Waals surface area contributed by atoms with Gasteiger partial charge in [0.2, 0.25) is 10.0 Å². The Bertz CT molecular complexity index is 749. The average molecular weight is 437 g/mol. The Morgan fingerprint density at radius 2 is 1.88 bits per heavy atom. The molecule has 1 aliphatic heterocycles. The molecule has 6 nitrogen and oxygen atoms in total. The molecule has 0 radical (unpaired) electrons. The number of rotatable bonds is 2. The predicted octanol–water partition coefficient (Wildman–Crippen LogP) is 3.22. The van der Waals surface area contributed by atoms with E-state index >= 15 is 0 Å². The van der Waals surface area contributed by atoms with Crippen molar-refractivity contribution in [1.29, 1.82) is 0 Å². The van der Waals surface area contributed by atoms with Crippen molar-refractivity contribution in [3.05, 3.63) is 28.5 Å². The third-order valence-electron chi connectivity index (χ3n) is 3.62. The van der Waals surface area contributed by atoms with Crippen molar-refractivity contribution in [1.82, 2.24) is 9.21 Å². The van der Waals surface area contributed by atoms with Crippen LogP contribution in [0.15, 0.2) is 27.6 Å². The van der Waals surface area contributed by atoms with Crippen LogP contribution in [0.2, 0.25) is 0 Å². The largest absolute Gasteiger partial charge is 0.444 e. The van der Waals surface area contributed by atoms with Gasteiger partial charge in [0.25, 0.3) is 0 Å². The summed E-state index contributed by atoms with van der Waals surface area (Å²) in [5.74, 6) is -0.803. The molecule has 0 saturated carbocycles. The third kappa shape index (κ3) is 5.15. The minimum Gasteiger partial charge on any atom is -0.444 e. The monoisotopic (exact) mass is 436 g/mol. The second-order valence-electron chi connectivity index (χ2n) is 6.80. The molecule has 1 amide bonds. The zero-order valence-corrected chi connectivity index (χ0v) is 16.9. The molecule has 1 aromatic rings. The van der Waals surface area contributed by atoms with Crippen molar-refractivity contribution in [2.24, 2.45) is 0 Å². The Hall–Kier alpha value is -1.19. The van der Waals surface area contributed by atoms with Crippen LogP contribution in [0, 0.1) is 5.82 Å². The zero-order valence-electron chi connectivity index (χ0n) is 14.5. The summed E-state index contributed by atoms with van der Waals surface area (Å²) in [5, 5.41) is 0. The molecule has 2 rings (SSSR count). The lowest BCUT2D eigenvalue weighted by Crippen LogP contribution is -2.40. The second-order valence-corrected chi connectivity index (χ2v) is 9.62. The van der Waals surface area contributed by atoms with E-state index in [9.17, 15) is 17.6 Å².